The van der Waals surface area contributed by atoms with E-state index < -0.39 is 5.54 Å². The third kappa shape index (κ3) is 3.19. The molecule has 0 radical (unpaired) electrons. The number of benzene rings is 1. The van der Waals surface area contributed by atoms with Gasteiger partial charge in [-0.25, -0.2) is 4.79 Å². The van der Waals surface area contributed by atoms with Gasteiger partial charge < -0.3 is 10.1 Å². The topological polar surface area (TPSA) is 58.6 Å². The second-order valence-electron chi connectivity index (χ2n) is 6.21. The number of nitrogens with one attached hydrogen (secondary N) is 1. The zero-order chi connectivity index (χ0) is 16.5. The first kappa shape index (κ1) is 16.6. The highest BCUT2D eigenvalue weighted by Crippen LogP contribution is 2.29. The van der Waals surface area contributed by atoms with Gasteiger partial charge in [-0.3, -0.25) is 9.69 Å². The summed E-state index contributed by atoms with van der Waals surface area (Å²) >= 11 is 6.00. The Bertz CT molecular complexity index is 603. The second kappa shape index (κ2) is 6.16. The minimum absolute atomic E-state index is 0.141. The van der Waals surface area contributed by atoms with Crippen LogP contribution in [0.25, 0.3) is 0 Å². The number of methoxy groups -OCH3 is 1. The van der Waals surface area contributed by atoms with Crippen LogP contribution in [-0.4, -0.2) is 29.5 Å². The van der Waals surface area contributed by atoms with Gasteiger partial charge in [0.25, 0.3) is 5.91 Å². The number of halogens is 1. The lowest BCUT2D eigenvalue weighted by molar-refractivity contribution is -0.131. The Hall–Kier alpha value is -1.75. The summed E-state index contributed by atoms with van der Waals surface area (Å²) in [7, 11) is 1.54. The lowest BCUT2D eigenvalue weighted by atomic mass is 9.91. The highest BCUT2D eigenvalue weighted by atomic mass is 35.5. The molecule has 1 unspecified atom stereocenters. The van der Waals surface area contributed by atoms with Crippen LogP contribution < -0.4 is 10.1 Å². The SMILES string of the molecule is COc1ccc(Cl)cc1CN1C(=O)NC(C)(CC(C)C)C1=O. The predicted molar refractivity (Wildman–Crippen MR) is 84.9 cm³/mol. The first-order valence-corrected chi connectivity index (χ1v) is 7.61. The minimum Gasteiger partial charge on any atom is -0.496 e. The van der Waals surface area contributed by atoms with Crippen LogP contribution in [0.1, 0.15) is 32.8 Å². The number of nitrogens with zero attached hydrogens (tertiary/aromatic N) is 1. The zero-order valence-electron chi connectivity index (χ0n) is 13.3. The maximum absolute atomic E-state index is 12.6. The lowest BCUT2D eigenvalue weighted by Gasteiger charge is -2.23. The van der Waals surface area contributed by atoms with Gasteiger partial charge in [-0.1, -0.05) is 25.4 Å². The number of ether oxygens (including phenoxy) is 1. The van der Waals surface area contributed by atoms with Crippen molar-refractivity contribution in [2.45, 2.75) is 39.3 Å². The Morgan fingerprint density at radius 1 is 1.36 bits per heavy atom. The fourth-order valence-electron chi connectivity index (χ4n) is 2.89. The van der Waals surface area contributed by atoms with Crippen molar-refractivity contribution in [1.29, 1.82) is 0 Å². The molecule has 3 amide bonds. The van der Waals surface area contributed by atoms with E-state index >= 15 is 0 Å². The summed E-state index contributed by atoms with van der Waals surface area (Å²) in [5.74, 6) is 0.686. The molecule has 0 aromatic heterocycles. The van der Waals surface area contributed by atoms with E-state index in [1.54, 1.807) is 32.2 Å². The van der Waals surface area contributed by atoms with Crippen LogP contribution in [-0.2, 0) is 11.3 Å². The summed E-state index contributed by atoms with van der Waals surface area (Å²) in [4.78, 5) is 26.0. The van der Waals surface area contributed by atoms with Gasteiger partial charge in [0.05, 0.1) is 13.7 Å². The molecule has 1 aliphatic rings. The van der Waals surface area contributed by atoms with Gasteiger partial charge in [0.2, 0.25) is 0 Å². The van der Waals surface area contributed by atoms with Crippen molar-refractivity contribution in [3.63, 3.8) is 0 Å². The quantitative estimate of drug-likeness (QED) is 0.846. The van der Waals surface area contributed by atoms with Crippen LogP contribution in [0.5, 0.6) is 5.75 Å². The Morgan fingerprint density at radius 3 is 2.64 bits per heavy atom. The Morgan fingerprint density at radius 2 is 2.05 bits per heavy atom. The van der Waals surface area contributed by atoms with Crippen molar-refractivity contribution >= 4 is 23.5 Å². The van der Waals surface area contributed by atoms with Gasteiger partial charge in [-0.2, -0.15) is 0 Å². The standard InChI is InChI=1S/C16H21ClN2O3/c1-10(2)8-16(3)14(20)19(15(21)18-16)9-11-7-12(17)5-6-13(11)22-4/h5-7,10H,8-9H2,1-4H3,(H,18,21). The molecule has 1 N–H and O–H groups in total. The first-order chi connectivity index (χ1) is 10.3. The first-order valence-electron chi connectivity index (χ1n) is 7.23. The smallest absolute Gasteiger partial charge is 0.325 e. The Labute approximate surface area is 135 Å². The molecule has 1 saturated heterocycles. The maximum atomic E-state index is 12.6. The van der Waals surface area contributed by atoms with Gasteiger partial charge in [0.1, 0.15) is 11.3 Å². The molecule has 22 heavy (non-hydrogen) atoms. The van der Waals surface area contributed by atoms with Gasteiger partial charge >= 0.3 is 6.03 Å². The Kier molecular flexibility index (Phi) is 4.66. The fraction of sp³-hybridized carbons (Fsp3) is 0.500. The summed E-state index contributed by atoms with van der Waals surface area (Å²) in [5.41, 5.74) is -0.149. The van der Waals surface area contributed by atoms with Crippen molar-refractivity contribution in [3.05, 3.63) is 28.8 Å². The third-order valence-electron chi connectivity index (χ3n) is 3.73. The lowest BCUT2D eigenvalue weighted by Crippen LogP contribution is -2.44. The third-order valence-corrected chi connectivity index (χ3v) is 3.97. The van der Waals surface area contributed by atoms with Crippen molar-refractivity contribution in [2.75, 3.05) is 7.11 Å². The summed E-state index contributed by atoms with van der Waals surface area (Å²) in [6.07, 6.45) is 0.598. The van der Waals surface area contributed by atoms with E-state index in [4.69, 9.17) is 16.3 Å². The van der Waals surface area contributed by atoms with Crippen molar-refractivity contribution in [1.82, 2.24) is 10.2 Å². The zero-order valence-corrected chi connectivity index (χ0v) is 14.0. The molecule has 1 heterocycles. The van der Waals surface area contributed by atoms with E-state index in [1.165, 1.54) is 4.90 Å². The van der Waals surface area contributed by atoms with Gasteiger partial charge in [-0.15, -0.1) is 0 Å². The van der Waals surface area contributed by atoms with Crippen LogP contribution in [0.2, 0.25) is 5.02 Å². The molecule has 0 spiro atoms. The normalized spacial score (nSPS) is 21.5. The highest BCUT2D eigenvalue weighted by molar-refractivity contribution is 6.30. The van der Waals surface area contributed by atoms with Gasteiger partial charge in [-0.05, 0) is 37.5 Å². The molecular formula is C16H21ClN2O3. The van der Waals surface area contributed by atoms with E-state index in [0.29, 0.717) is 28.7 Å². The molecule has 1 atom stereocenters. The summed E-state index contributed by atoms with van der Waals surface area (Å²) in [5, 5.41) is 3.33. The number of carbonyl (C=O) groups is 2. The molecule has 5 nitrogen and oxygen atoms in total. The molecule has 1 fully saturated rings. The predicted octanol–water partition coefficient (Wildman–Crippen LogP) is 3.21. The van der Waals surface area contributed by atoms with E-state index in [1.807, 2.05) is 13.8 Å². The summed E-state index contributed by atoms with van der Waals surface area (Å²) in [6.45, 7) is 5.95. The number of imide groups is 1. The molecule has 1 aromatic rings. The number of carbonyl (C=O) groups excluding carboxylic acids is 2. The summed E-state index contributed by atoms with van der Waals surface area (Å²) in [6, 6.07) is 4.76. The van der Waals surface area contributed by atoms with Crippen LogP contribution in [0, 0.1) is 5.92 Å². The second-order valence-corrected chi connectivity index (χ2v) is 6.64. The minimum atomic E-state index is -0.850. The number of rotatable bonds is 5. The Balaban J connectivity index is 2.25. The van der Waals surface area contributed by atoms with Crippen molar-refractivity contribution in [3.8, 4) is 5.75 Å². The highest BCUT2D eigenvalue weighted by Gasteiger charge is 2.47. The van der Waals surface area contributed by atoms with Crippen LogP contribution in [0.4, 0.5) is 4.79 Å². The van der Waals surface area contributed by atoms with E-state index in [-0.39, 0.29) is 18.5 Å². The number of urea groups is 1. The van der Waals surface area contributed by atoms with Gasteiger partial charge in [0.15, 0.2) is 0 Å². The molecular weight excluding hydrogens is 304 g/mol. The number of hydrogen-bond acceptors (Lipinski definition) is 3. The summed E-state index contributed by atoms with van der Waals surface area (Å²) < 4.78 is 5.27. The van der Waals surface area contributed by atoms with Crippen molar-refractivity contribution < 1.29 is 14.3 Å². The average Bonchev–Trinajstić information content (AvgIpc) is 2.61. The van der Waals surface area contributed by atoms with Crippen molar-refractivity contribution in [2.24, 2.45) is 5.92 Å². The largest absolute Gasteiger partial charge is 0.496 e. The maximum Gasteiger partial charge on any atom is 0.325 e. The van der Waals surface area contributed by atoms with Crippen LogP contribution >= 0.6 is 11.6 Å². The monoisotopic (exact) mass is 324 g/mol. The number of hydrogen-bond donors (Lipinski definition) is 1. The van der Waals surface area contributed by atoms with E-state index in [9.17, 15) is 9.59 Å². The fourth-order valence-corrected chi connectivity index (χ4v) is 3.08. The molecule has 0 bridgehead atoms. The van der Waals surface area contributed by atoms with Crippen LogP contribution in [0.15, 0.2) is 18.2 Å². The molecule has 2 rings (SSSR count). The number of amides is 3. The molecule has 1 aromatic carbocycles. The van der Waals surface area contributed by atoms with Gasteiger partial charge in [0, 0.05) is 10.6 Å². The molecule has 6 heteroatoms. The molecule has 0 saturated carbocycles. The molecule has 120 valence electrons. The molecule has 1 aliphatic heterocycles. The molecule has 0 aliphatic carbocycles. The average molecular weight is 325 g/mol. The van der Waals surface area contributed by atoms with E-state index in [0.717, 1.165) is 0 Å². The van der Waals surface area contributed by atoms with E-state index in [2.05, 4.69) is 5.32 Å². The van der Waals surface area contributed by atoms with Crippen LogP contribution in [0.3, 0.4) is 0 Å².